The van der Waals surface area contributed by atoms with Crippen LogP contribution in [0.3, 0.4) is 0 Å². The predicted octanol–water partition coefficient (Wildman–Crippen LogP) is -3.21. The van der Waals surface area contributed by atoms with E-state index in [4.69, 9.17) is 24.1 Å². The van der Waals surface area contributed by atoms with Crippen molar-refractivity contribution < 1.29 is 83.1 Å². The maximum atomic E-state index is 12.6. The minimum absolute atomic E-state index is 0.0401. The summed E-state index contributed by atoms with van der Waals surface area (Å²) >= 11 is 0. The van der Waals surface area contributed by atoms with Crippen LogP contribution < -0.4 is 31.9 Å². The number of Topliss-reactive ketones (excluding diaryl/α,β-unsaturated/α-hetero) is 1. The Morgan fingerprint density at radius 2 is 1.03 bits per heavy atom. The van der Waals surface area contributed by atoms with Crippen molar-refractivity contribution in [2.75, 3.05) is 53.0 Å². The molecule has 0 saturated carbocycles. The van der Waals surface area contributed by atoms with E-state index in [1.165, 1.54) is 0 Å². The van der Waals surface area contributed by atoms with Crippen LogP contribution in [0.15, 0.2) is 0 Å². The summed E-state index contributed by atoms with van der Waals surface area (Å²) in [5, 5.41) is 77.9. The van der Waals surface area contributed by atoms with Crippen molar-refractivity contribution in [3.05, 3.63) is 0 Å². The zero-order valence-electron chi connectivity index (χ0n) is 37.7. The van der Waals surface area contributed by atoms with Crippen molar-refractivity contribution in [1.82, 2.24) is 31.9 Å². The molecule has 2 rings (SSSR count). The summed E-state index contributed by atoms with van der Waals surface area (Å²) in [6.45, 7) is 3.46. The van der Waals surface area contributed by atoms with Gasteiger partial charge in [-0.2, -0.15) is 0 Å². The monoisotopic (exact) mass is 935 g/mol. The van der Waals surface area contributed by atoms with Gasteiger partial charge in [0, 0.05) is 77.5 Å². The highest BCUT2D eigenvalue weighted by Gasteiger charge is 2.51. The van der Waals surface area contributed by atoms with Crippen LogP contribution in [-0.2, 0) is 52.5 Å². The molecule has 2 heterocycles. The molecule has 65 heavy (non-hydrogen) atoms. The van der Waals surface area contributed by atoms with Gasteiger partial charge in [0.05, 0.1) is 6.42 Å². The van der Waals surface area contributed by atoms with Gasteiger partial charge >= 0.3 is 5.97 Å². The lowest BCUT2D eigenvalue weighted by atomic mass is 9.92. The Kier molecular flexibility index (Phi) is 28.8. The highest BCUT2D eigenvalue weighted by atomic mass is 16.7. The number of rotatable bonds is 33. The topological polar surface area (TPSA) is 350 Å². The van der Waals surface area contributed by atoms with Gasteiger partial charge in [0.15, 0.2) is 6.29 Å². The molecule has 374 valence electrons. The minimum Gasteiger partial charge on any atom is -0.463 e. The number of unbranched alkanes of at least 4 members (excludes halogenated alkanes) is 6. The summed E-state index contributed by atoms with van der Waals surface area (Å²) in [5.74, 6) is -3.26. The first kappa shape index (κ1) is 57.2. The van der Waals surface area contributed by atoms with Gasteiger partial charge in [-0.1, -0.05) is 6.92 Å². The number of hydrogen-bond acceptors (Lipinski definition) is 18. The molecule has 2 aliphatic heterocycles. The largest absolute Gasteiger partial charge is 0.463 e. The first-order valence-corrected chi connectivity index (χ1v) is 22.8. The Labute approximate surface area is 379 Å². The van der Waals surface area contributed by atoms with E-state index in [2.05, 4.69) is 31.9 Å². The molecule has 2 saturated heterocycles. The lowest BCUT2D eigenvalue weighted by Gasteiger charge is -2.45. The van der Waals surface area contributed by atoms with Gasteiger partial charge in [0.25, 0.3) is 0 Å². The van der Waals surface area contributed by atoms with Gasteiger partial charge in [-0.15, -0.1) is 0 Å². The fourth-order valence-corrected chi connectivity index (χ4v) is 6.92. The molecule has 23 nitrogen and oxygen atoms in total. The second kappa shape index (κ2) is 32.7. The number of nitrogens with one attached hydrogen (secondary N) is 6. The molecule has 0 radical (unpaired) electrons. The molecule has 10 atom stereocenters. The number of amides is 5. The molecule has 10 unspecified atom stereocenters. The molecule has 0 aromatic carbocycles. The predicted molar refractivity (Wildman–Crippen MR) is 229 cm³/mol. The average molecular weight is 935 g/mol. The van der Waals surface area contributed by atoms with Crippen LogP contribution >= 0.6 is 0 Å². The van der Waals surface area contributed by atoms with Gasteiger partial charge in [-0.25, -0.2) is 0 Å². The summed E-state index contributed by atoms with van der Waals surface area (Å²) in [7, 11) is 1.61. The Bertz CT molecular complexity index is 1460. The Morgan fingerprint density at radius 1 is 0.600 bits per heavy atom. The first-order chi connectivity index (χ1) is 31.1. The van der Waals surface area contributed by atoms with E-state index in [1.807, 2.05) is 0 Å². The Balaban J connectivity index is 1.49. The van der Waals surface area contributed by atoms with Crippen LogP contribution in [-0.4, -0.2) is 186 Å². The SMILES string of the molecule is CCC(NC)C1OC(O)C(OC2OC(COC(=O)CCC(=O)NCCCCCNC(=O)CCC(=O)NCCCCCNC(=O)CCC(=O)NCCCCCO)C(O)C(O)C2=O)C(O)C1O. The number of carbonyl (C=O) groups excluding carboxylic acids is 7. The molecular formula is C42H74N6O17. The van der Waals surface area contributed by atoms with E-state index < -0.39 is 85.6 Å². The van der Waals surface area contributed by atoms with Gasteiger partial charge in [0.1, 0.15) is 49.3 Å². The smallest absolute Gasteiger partial charge is 0.306 e. The van der Waals surface area contributed by atoms with Gasteiger partial charge < -0.3 is 81.5 Å². The molecule has 0 aromatic rings. The lowest BCUT2D eigenvalue weighted by Crippen LogP contribution is -2.65. The third-order valence-corrected chi connectivity index (χ3v) is 10.9. The molecule has 23 heteroatoms. The highest BCUT2D eigenvalue weighted by Crippen LogP contribution is 2.29. The first-order valence-electron chi connectivity index (χ1n) is 22.8. The number of ketones is 1. The molecular weight excluding hydrogens is 860 g/mol. The minimum atomic E-state index is -2.04. The fourth-order valence-electron chi connectivity index (χ4n) is 6.92. The zero-order valence-corrected chi connectivity index (χ0v) is 37.7. The number of ether oxygens (including phenoxy) is 4. The van der Waals surface area contributed by atoms with E-state index in [9.17, 15) is 59.1 Å². The number of aliphatic hydroxyl groups excluding tert-OH is 6. The number of esters is 1. The molecule has 0 spiro atoms. The quantitative estimate of drug-likeness (QED) is 0.0228. The molecule has 2 fully saturated rings. The fraction of sp³-hybridized carbons (Fsp3) is 0.833. The van der Waals surface area contributed by atoms with E-state index in [0.29, 0.717) is 71.2 Å². The molecule has 0 bridgehead atoms. The van der Waals surface area contributed by atoms with Crippen LogP contribution in [0.25, 0.3) is 0 Å². The average Bonchev–Trinajstić information content (AvgIpc) is 3.28. The summed E-state index contributed by atoms with van der Waals surface area (Å²) < 4.78 is 21.4. The van der Waals surface area contributed by atoms with Gasteiger partial charge in [0.2, 0.25) is 41.6 Å². The molecule has 0 aliphatic carbocycles. The third kappa shape index (κ3) is 22.4. The van der Waals surface area contributed by atoms with Crippen molar-refractivity contribution in [2.24, 2.45) is 0 Å². The Morgan fingerprint density at radius 3 is 1.45 bits per heavy atom. The third-order valence-electron chi connectivity index (χ3n) is 10.9. The number of aliphatic hydroxyl groups is 6. The zero-order chi connectivity index (χ0) is 48.1. The summed E-state index contributed by atoms with van der Waals surface area (Å²) in [4.78, 5) is 85.2. The Hall–Kier alpha value is -3.91. The van der Waals surface area contributed by atoms with Crippen LogP contribution in [0.2, 0.25) is 0 Å². The van der Waals surface area contributed by atoms with Crippen LogP contribution in [0, 0.1) is 0 Å². The van der Waals surface area contributed by atoms with Crippen LogP contribution in [0.1, 0.15) is 110 Å². The van der Waals surface area contributed by atoms with E-state index in [1.54, 1.807) is 14.0 Å². The molecule has 0 aromatic heterocycles. The van der Waals surface area contributed by atoms with E-state index >= 15 is 0 Å². The lowest BCUT2D eigenvalue weighted by molar-refractivity contribution is -0.331. The van der Waals surface area contributed by atoms with Crippen LogP contribution in [0.5, 0.6) is 0 Å². The molecule has 12 N–H and O–H groups in total. The highest BCUT2D eigenvalue weighted by molar-refractivity contribution is 5.87. The molecule has 2 aliphatic rings. The number of carbonyl (C=O) groups is 7. The van der Waals surface area contributed by atoms with Crippen molar-refractivity contribution in [2.45, 2.75) is 171 Å². The van der Waals surface area contributed by atoms with Crippen molar-refractivity contribution in [1.29, 1.82) is 0 Å². The summed E-state index contributed by atoms with van der Waals surface area (Å²) in [5.41, 5.74) is 0. The van der Waals surface area contributed by atoms with Crippen LogP contribution in [0.4, 0.5) is 0 Å². The number of likely N-dealkylation sites (N-methyl/N-ethyl adjacent to an activating group) is 1. The normalized spacial score (nSPS) is 24.7. The summed E-state index contributed by atoms with van der Waals surface area (Å²) in [6, 6.07) is -0.434. The van der Waals surface area contributed by atoms with Crippen molar-refractivity contribution in [3.8, 4) is 0 Å². The molecule has 5 amide bonds. The number of hydrogen-bond donors (Lipinski definition) is 12. The maximum Gasteiger partial charge on any atom is 0.306 e. The van der Waals surface area contributed by atoms with Gasteiger partial charge in [-0.05, 0) is 71.3 Å². The summed E-state index contributed by atoms with van der Waals surface area (Å²) in [6.07, 6.45) is -8.33. The van der Waals surface area contributed by atoms with E-state index in [0.717, 1.165) is 25.7 Å². The van der Waals surface area contributed by atoms with Gasteiger partial charge in [-0.3, -0.25) is 33.6 Å². The second-order valence-corrected chi connectivity index (χ2v) is 16.1. The second-order valence-electron chi connectivity index (χ2n) is 16.1. The van der Waals surface area contributed by atoms with Crippen molar-refractivity contribution in [3.63, 3.8) is 0 Å². The maximum absolute atomic E-state index is 12.6. The standard InChI is InChI=1S/C42H74N6O17/c1-3-26(43-2)39-36(58)37(59)40(41(61)64-39)65-42-38(60)35(57)34(56)27(63-42)25-62-33(55)18-17-32(54)48-22-10-5-9-21-46-29(51)14-13-28(50)44-19-7-4-8-20-45-30(52)15-16-31(53)47-23-11-6-12-24-49/h26-27,34-37,39-43,49,56-59,61H,3-25H2,1-2H3,(H,44,50)(H,45,52)(H,46,51)(H,47,53)(H,48,54). The van der Waals surface area contributed by atoms with E-state index in [-0.39, 0.29) is 68.8 Å². The van der Waals surface area contributed by atoms with Crippen molar-refractivity contribution >= 4 is 41.3 Å².